The molecule has 0 saturated heterocycles. The standard InChI is InChI=1S/C17H19NO2S/c1-20-17(19)15-12-18(11-13-5-3-2-4-6-13)9-7-16-14(15)8-10-21-16/h2-6,8,10,15H,7,9,11-12H2,1H3. The number of esters is 1. The molecule has 1 unspecified atom stereocenters. The highest BCUT2D eigenvalue weighted by Crippen LogP contribution is 2.31. The van der Waals surface area contributed by atoms with Crippen molar-refractivity contribution in [3.8, 4) is 0 Å². The zero-order valence-corrected chi connectivity index (χ0v) is 12.9. The molecule has 1 aliphatic heterocycles. The monoisotopic (exact) mass is 301 g/mol. The molecule has 3 rings (SSSR count). The zero-order valence-electron chi connectivity index (χ0n) is 12.1. The van der Waals surface area contributed by atoms with Crippen molar-refractivity contribution in [1.82, 2.24) is 4.90 Å². The first-order valence-corrected chi connectivity index (χ1v) is 8.06. The minimum absolute atomic E-state index is 0.130. The van der Waals surface area contributed by atoms with E-state index in [4.69, 9.17) is 4.74 Å². The van der Waals surface area contributed by atoms with Gasteiger partial charge in [0.05, 0.1) is 13.0 Å². The van der Waals surface area contributed by atoms with Crippen molar-refractivity contribution in [2.75, 3.05) is 20.2 Å². The molecule has 3 nitrogen and oxygen atoms in total. The molecule has 1 aromatic heterocycles. The minimum Gasteiger partial charge on any atom is -0.469 e. The van der Waals surface area contributed by atoms with E-state index >= 15 is 0 Å². The van der Waals surface area contributed by atoms with Crippen LogP contribution in [0, 0.1) is 0 Å². The van der Waals surface area contributed by atoms with Gasteiger partial charge in [-0.2, -0.15) is 0 Å². The molecule has 0 amide bonds. The Hall–Kier alpha value is -1.65. The molecule has 4 heteroatoms. The Morgan fingerprint density at radius 2 is 2.14 bits per heavy atom. The molecular formula is C17H19NO2S. The Labute approximate surface area is 129 Å². The quantitative estimate of drug-likeness (QED) is 0.816. The van der Waals surface area contributed by atoms with Crippen molar-refractivity contribution in [3.05, 3.63) is 57.8 Å². The van der Waals surface area contributed by atoms with Gasteiger partial charge in [0.2, 0.25) is 0 Å². The molecule has 2 aromatic rings. The van der Waals surface area contributed by atoms with Crippen molar-refractivity contribution in [2.24, 2.45) is 0 Å². The number of rotatable bonds is 3. The first kappa shape index (κ1) is 14.3. The summed E-state index contributed by atoms with van der Waals surface area (Å²) < 4.78 is 5.01. The summed E-state index contributed by atoms with van der Waals surface area (Å²) >= 11 is 1.74. The molecule has 21 heavy (non-hydrogen) atoms. The van der Waals surface area contributed by atoms with Crippen molar-refractivity contribution in [2.45, 2.75) is 18.9 Å². The van der Waals surface area contributed by atoms with Gasteiger partial charge in [0.15, 0.2) is 0 Å². The molecule has 0 spiro atoms. The van der Waals surface area contributed by atoms with Crippen LogP contribution in [0.25, 0.3) is 0 Å². The van der Waals surface area contributed by atoms with Gasteiger partial charge in [-0.25, -0.2) is 0 Å². The zero-order chi connectivity index (χ0) is 14.7. The second kappa shape index (κ2) is 6.41. The highest BCUT2D eigenvalue weighted by atomic mass is 32.1. The third-order valence-corrected chi connectivity index (χ3v) is 4.98. The summed E-state index contributed by atoms with van der Waals surface area (Å²) in [7, 11) is 1.47. The summed E-state index contributed by atoms with van der Waals surface area (Å²) in [5.41, 5.74) is 2.44. The van der Waals surface area contributed by atoms with E-state index in [9.17, 15) is 4.79 Å². The molecular weight excluding hydrogens is 282 g/mol. The topological polar surface area (TPSA) is 29.5 Å². The Kier molecular flexibility index (Phi) is 4.36. The average molecular weight is 301 g/mol. The fourth-order valence-corrected chi connectivity index (χ4v) is 3.84. The number of hydrogen-bond acceptors (Lipinski definition) is 4. The maximum Gasteiger partial charge on any atom is 0.314 e. The van der Waals surface area contributed by atoms with Crippen LogP contribution < -0.4 is 0 Å². The van der Waals surface area contributed by atoms with Crippen molar-refractivity contribution in [1.29, 1.82) is 0 Å². The predicted molar refractivity (Wildman–Crippen MR) is 84.5 cm³/mol. The van der Waals surface area contributed by atoms with Gasteiger partial charge in [-0.15, -0.1) is 11.3 Å². The normalized spacial score (nSPS) is 18.8. The third-order valence-electron chi connectivity index (χ3n) is 3.99. The van der Waals surface area contributed by atoms with Crippen LogP contribution in [-0.2, 0) is 22.5 Å². The van der Waals surface area contributed by atoms with Crippen molar-refractivity contribution >= 4 is 17.3 Å². The molecule has 1 aromatic carbocycles. The van der Waals surface area contributed by atoms with E-state index in [-0.39, 0.29) is 11.9 Å². The predicted octanol–water partition coefficient (Wildman–Crippen LogP) is 3.06. The number of thiophene rings is 1. The lowest BCUT2D eigenvalue weighted by atomic mass is 10.00. The van der Waals surface area contributed by atoms with E-state index in [0.29, 0.717) is 0 Å². The third kappa shape index (κ3) is 3.17. The van der Waals surface area contributed by atoms with Gasteiger partial charge in [-0.3, -0.25) is 9.69 Å². The molecule has 1 aliphatic rings. The fourth-order valence-electron chi connectivity index (χ4n) is 2.90. The lowest BCUT2D eigenvalue weighted by molar-refractivity contribution is -0.142. The van der Waals surface area contributed by atoms with Gasteiger partial charge >= 0.3 is 5.97 Å². The molecule has 2 heterocycles. The lowest BCUT2D eigenvalue weighted by Gasteiger charge is -2.23. The van der Waals surface area contributed by atoms with Crippen molar-refractivity contribution in [3.63, 3.8) is 0 Å². The number of benzene rings is 1. The summed E-state index contributed by atoms with van der Waals surface area (Å²) in [5, 5.41) is 2.08. The van der Waals surface area contributed by atoms with Gasteiger partial charge in [-0.1, -0.05) is 30.3 Å². The van der Waals surface area contributed by atoms with Gasteiger partial charge in [0.25, 0.3) is 0 Å². The molecule has 0 radical (unpaired) electrons. The first-order chi connectivity index (χ1) is 10.3. The molecule has 0 saturated carbocycles. The number of ether oxygens (including phenoxy) is 1. The van der Waals surface area contributed by atoms with E-state index in [2.05, 4.69) is 40.6 Å². The molecule has 0 fully saturated rings. The van der Waals surface area contributed by atoms with Crippen LogP contribution in [0.1, 0.15) is 21.9 Å². The number of nitrogens with zero attached hydrogens (tertiary/aromatic N) is 1. The molecule has 110 valence electrons. The van der Waals surface area contributed by atoms with E-state index in [1.165, 1.54) is 17.6 Å². The smallest absolute Gasteiger partial charge is 0.314 e. The van der Waals surface area contributed by atoms with Crippen LogP contribution in [0.3, 0.4) is 0 Å². The Morgan fingerprint density at radius 1 is 1.33 bits per heavy atom. The number of carbonyl (C=O) groups is 1. The number of methoxy groups -OCH3 is 1. The second-order valence-corrected chi connectivity index (χ2v) is 6.35. The Morgan fingerprint density at radius 3 is 2.90 bits per heavy atom. The molecule has 1 atom stereocenters. The summed E-state index contributed by atoms with van der Waals surface area (Å²) in [6.45, 7) is 2.59. The minimum atomic E-state index is -0.164. The maximum absolute atomic E-state index is 12.1. The highest BCUT2D eigenvalue weighted by Gasteiger charge is 2.30. The molecule has 0 bridgehead atoms. The van der Waals surface area contributed by atoms with E-state index < -0.39 is 0 Å². The van der Waals surface area contributed by atoms with E-state index in [1.807, 2.05) is 6.07 Å². The van der Waals surface area contributed by atoms with Gasteiger partial charge in [-0.05, 0) is 29.0 Å². The van der Waals surface area contributed by atoms with Crippen LogP contribution in [0.15, 0.2) is 41.8 Å². The number of fused-ring (bicyclic) bond motifs is 1. The van der Waals surface area contributed by atoms with Crippen LogP contribution >= 0.6 is 11.3 Å². The first-order valence-electron chi connectivity index (χ1n) is 7.18. The van der Waals surface area contributed by atoms with Crippen LogP contribution in [-0.4, -0.2) is 31.1 Å². The van der Waals surface area contributed by atoms with Gasteiger partial charge in [0.1, 0.15) is 0 Å². The van der Waals surface area contributed by atoms with Crippen molar-refractivity contribution < 1.29 is 9.53 Å². The Balaban J connectivity index is 1.80. The highest BCUT2D eigenvalue weighted by molar-refractivity contribution is 7.10. The second-order valence-electron chi connectivity index (χ2n) is 5.35. The summed E-state index contributed by atoms with van der Waals surface area (Å²) in [4.78, 5) is 15.8. The number of carbonyl (C=O) groups excluding carboxylic acids is 1. The largest absolute Gasteiger partial charge is 0.469 e. The molecule has 0 aliphatic carbocycles. The lowest BCUT2D eigenvalue weighted by Crippen LogP contribution is -2.31. The van der Waals surface area contributed by atoms with Crippen LogP contribution in [0.4, 0.5) is 0 Å². The van der Waals surface area contributed by atoms with Crippen LogP contribution in [0.5, 0.6) is 0 Å². The Bertz CT molecular complexity index is 608. The fraction of sp³-hybridized carbons (Fsp3) is 0.353. The van der Waals surface area contributed by atoms with Gasteiger partial charge in [0, 0.05) is 24.5 Å². The average Bonchev–Trinajstić information content (AvgIpc) is 2.92. The SMILES string of the molecule is COC(=O)C1CN(Cc2ccccc2)CCc2sccc21. The van der Waals surface area contributed by atoms with Gasteiger partial charge < -0.3 is 4.74 Å². The van der Waals surface area contributed by atoms with E-state index in [0.717, 1.165) is 31.6 Å². The summed E-state index contributed by atoms with van der Waals surface area (Å²) in [5.74, 6) is -0.294. The number of hydrogen-bond donors (Lipinski definition) is 0. The summed E-state index contributed by atoms with van der Waals surface area (Å²) in [6, 6.07) is 12.5. The molecule has 0 N–H and O–H groups in total. The maximum atomic E-state index is 12.1. The summed E-state index contributed by atoms with van der Waals surface area (Å²) in [6.07, 6.45) is 1.01. The van der Waals surface area contributed by atoms with E-state index in [1.54, 1.807) is 11.3 Å². The van der Waals surface area contributed by atoms with Crippen LogP contribution in [0.2, 0.25) is 0 Å².